The molecule has 1 heteroatoms. The maximum Gasteiger partial charge on any atom is 0.0794 e. The summed E-state index contributed by atoms with van der Waals surface area (Å²) in [5, 5.41) is 6.21. The van der Waals surface area contributed by atoms with Gasteiger partial charge >= 0.3 is 0 Å². The summed E-state index contributed by atoms with van der Waals surface area (Å²) in [6.45, 7) is 0. The molecule has 0 saturated heterocycles. The van der Waals surface area contributed by atoms with E-state index < -0.39 is 0 Å². The fourth-order valence-electron chi connectivity index (χ4n) is 3.53. The quantitative estimate of drug-likeness (QED) is 0.336. The van der Waals surface area contributed by atoms with Gasteiger partial charge in [0.1, 0.15) is 0 Å². The summed E-state index contributed by atoms with van der Waals surface area (Å²) in [5.74, 6) is 0. The second-order valence-corrected chi connectivity index (χ2v) is 6.05. The number of aromatic nitrogens is 1. The van der Waals surface area contributed by atoms with Crippen LogP contribution in [0.4, 0.5) is 0 Å². The van der Waals surface area contributed by atoms with Crippen molar-refractivity contribution in [3.05, 3.63) is 91.0 Å². The van der Waals surface area contributed by atoms with E-state index in [1.54, 1.807) is 0 Å². The number of fused-ring (bicyclic) bond motifs is 5. The molecular weight excluding hydrogens is 290 g/mol. The number of hydrogen-bond donors (Lipinski definition) is 0. The average molecular weight is 305 g/mol. The van der Waals surface area contributed by atoms with Crippen molar-refractivity contribution in [3.63, 3.8) is 0 Å². The predicted octanol–water partition coefficient (Wildman–Crippen LogP) is 6.21. The first kappa shape index (κ1) is 13.3. The van der Waals surface area contributed by atoms with E-state index in [0.29, 0.717) is 0 Å². The topological polar surface area (TPSA) is 12.9 Å². The van der Waals surface area contributed by atoms with Crippen molar-refractivity contribution in [2.24, 2.45) is 0 Å². The minimum Gasteiger partial charge on any atom is -0.247 e. The highest BCUT2D eigenvalue weighted by Crippen LogP contribution is 2.36. The van der Waals surface area contributed by atoms with E-state index in [1.807, 2.05) is 6.07 Å². The number of benzene rings is 4. The van der Waals surface area contributed by atoms with Crippen LogP contribution < -0.4 is 0 Å². The molecule has 0 unspecified atom stereocenters. The highest BCUT2D eigenvalue weighted by Gasteiger charge is 2.12. The van der Waals surface area contributed by atoms with Gasteiger partial charge in [-0.25, -0.2) is 4.98 Å². The molecule has 112 valence electrons. The lowest BCUT2D eigenvalue weighted by atomic mass is 9.95. The van der Waals surface area contributed by atoms with Crippen LogP contribution in [0.3, 0.4) is 0 Å². The summed E-state index contributed by atoms with van der Waals surface area (Å²) in [6, 6.07) is 31.8. The molecule has 5 rings (SSSR count). The number of nitrogens with zero attached hydrogens (tertiary/aromatic N) is 1. The molecule has 0 atom stereocenters. The standard InChI is InChI=1S/C23H15N/c1-2-9-17(10-3-1)23-22-18-11-5-4-8-16(18)14-15-20(22)19-12-6-7-13-21(19)24-23/h1-15H. The fraction of sp³-hybridized carbons (Fsp3) is 0. The van der Waals surface area contributed by atoms with E-state index in [1.165, 1.54) is 26.9 Å². The van der Waals surface area contributed by atoms with Crippen LogP contribution in [0.15, 0.2) is 91.0 Å². The van der Waals surface area contributed by atoms with Gasteiger partial charge in [0.15, 0.2) is 0 Å². The lowest BCUT2D eigenvalue weighted by Crippen LogP contribution is -1.90. The molecule has 1 heterocycles. The van der Waals surface area contributed by atoms with Crippen molar-refractivity contribution in [1.82, 2.24) is 4.98 Å². The normalized spacial score (nSPS) is 11.3. The molecule has 0 amide bonds. The Morgan fingerprint density at radius 3 is 2.08 bits per heavy atom. The molecule has 0 radical (unpaired) electrons. The Bertz CT molecular complexity index is 1190. The molecule has 24 heavy (non-hydrogen) atoms. The van der Waals surface area contributed by atoms with E-state index in [4.69, 9.17) is 4.98 Å². The third-order valence-electron chi connectivity index (χ3n) is 4.64. The predicted molar refractivity (Wildman–Crippen MR) is 102 cm³/mol. The second kappa shape index (κ2) is 5.17. The maximum atomic E-state index is 5.02. The van der Waals surface area contributed by atoms with Gasteiger partial charge in [0.25, 0.3) is 0 Å². The number of rotatable bonds is 1. The molecule has 0 N–H and O–H groups in total. The van der Waals surface area contributed by atoms with Gasteiger partial charge in [0.05, 0.1) is 11.2 Å². The molecule has 0 saturated carbocycles. The summed E-state index contributed by atoms with van der Waals surface area (Å²) in [4.78, 5) is 5.02. The van der Waals surface area contributed by atoms with Crippen LogP contribution in [0.1, 0.15) is 0 Å². The van der Waals surface area contributed by atoms with Crippen LogP contribution >= 0.6 is 0 Å². The van der Waals surface area contributed by atoms with Crippen LogP contribution in [0, 0.1) is 0 Å². The van der Waals surface area contributed by atoms with Gasteiger partial charge in [-0.1, -0.05) is 84.9 Å². The Kier molecular flexibility index (Phi) is 2.86. The minimum atomic E-state index is 1.04. The molecule has 0 fully saturated rings. The molecular formula is C23H15N. The SMILES string of the molecule is c1ccc(-c2nc3ccccc3c3ccc4ccccc4c23)cc1. The Morgan fingerprint density at radius 2 is 1.21 bits per heavy atom. The van der Waals surface area contributed by atoms with Gasteiger partial charge in [-0.2, -0.15) is 0 Å². The Hall–Kier alpha value is -3.19. The first-order valence-corrected chi connectivity index (χ1v) is 8.17. The third-order valence-corrected chi connectivity index (χ3v) is 4.64. The van der Waals surface area contributed by atoms with Gasteiger partial charge < -0.3 is 0 Å². The zero-order valence-corrected chi connectivity index (χ0v) is 13.1. The molecule has 5 aromatic rings. The second-order valence-electron chi connectivity index (χ2n) is 6.05. The number of para-hydroxylation sites is 1. The highest BCUT2D eigenvalue weighted by molar-refractivity contribution is 6.21. The number of hydrogen-bond acceptors (Lipinski definition) is 1. The van der Waals surface area contributed by atoms with Crippen LogP contribution in [0.2, 0.25) is 0 Å². The van der Waals surface area contributed by atoms with E-state index in [0.717, 1.165) is 16.8 Å². The van der Waals surface area contributed by atoms with Crippen LogP contribution in [0.5, 0.6) is 0 Å². The smallest absolute Gasteiger partial charge is 0.0794 e. The average Bonchev–Trinajstić information content (AvgIpc) is 2.67. The first-order chi connectivity index (χ1) is 11.9. The van der Waals surface area contributed by atoms with E-state index in [-0.39, 0.29) is 0 Å². The number of pyridine rings is 1. The minimum absolute atomic E-state index is 1.04. The first-order valence-electron chi connectivity index (χ1n) is 8.17. The maximum absolute atomic E-state index is 5.02. The Labute approximate surface area is 140 Å². The zero-order chi connectivity index (χ0) is 15.9. The molecule has 0 aliphatic heterocycles. The molecule has 0 bridgehead atoms. The van der Waals surface area contributed by atoms with Gasteiger partial charge in [0, 0.05) is 16.3 Å². The van der Waals surface area contributed by atoms with Crippen LogP contribution in [-0.4, -0.2) is 4.98 Å². The van der Waals surface area contributed by atoms with Crippen molar-refractivity contribution in [3.8, 4) is 11.3 Å². The van der Waals surface area contributed by atoms with Gasteiger partial charge in [-0.05, 0) is 22.2 Å². The van der Waals surface area contributed by atoms with Crippen molar-refractivity contribution in [2.75, 3.05) is 0 Å². The Morgan fingerprint density at radius 1 is 0.500 bits per heavy atom. The lowest BCUT2D eigenvalue weighted by Gasteiger charge is -2.12. The van der Waals surface area contributed by atoms with Gasteiger partial charge in [0.2, 0.25) is 0 Å². The summed E-state index contributed by atoms with van der Waals surface area (Å²) < 4.78 is 0. The van der Waals surface area contributed by atoms with Crippen LogP contribution in [0.25, 0.3) is 43.7 Å². The molecule has 0 spiro atoms. The van der Waals surface area contributed by atoms with Crippen molar-refractivity contribution in [1.29, 1.82) is 0 Å². The van der Waals surface area contributed by atoms with E-state index in [2.05, 4.69) is 84.9 Å². The summed E-state index contributed by atoms with van der Waals surface area (Å²) in [5.41, 5.74) is 3.25. The zero-order valence-electron chi connectivity index (χ0n) is 13.1. The Balaban J connectivity index is 2.07. The summed E-state index contributed by atoms with van der Waals surface area (Å²) >= 11 is 0. The van der Waals surface area contributed by atoms with Crippen LogP contribution in [-0.2, 0) is 0 Å². The van der Waals surface area contributed by atoms with E-state index >= 15 is 0 Å². The molecule has 1 nitrogen and oxygen atoms in total. The van der Waals surface area contributed by atoms with Crippen molar-refractivity contribution < 1.29 is 0 Å². The molecule has 0 aliphatic rings. The lowest BCUT2D eigenvalue weighted by molar-refractivity contribution is 1.43. The van der Waals surface area contributed by atoms with Crippen molar-refractivity contribution >= 4 is 32.4 Å². The van der Waals surface area contributed by atoms with Crippen molar-refractivity contribution in [2.45, 2.75) is 0 Å². The third kappa shape index (κ3) is 1.92. The monoisotopic (exact) mass is 305 g/mol. The fourth-order valence-corrected chi connectivity index (χ4v) is 3.53. The summed E-state index contributed by atoms with van der Waals surface area (Å²) in [7, 11) is 0. The van der Waals surface area contributed by atoms with Gasteiger partial charge in [-0.15, -0.1) is 0 Å². The summed E-state index contributed by atoms with van der Waals surface area (Å²) in [6.07, 6.45) is 0. The molecule has 1 aromatic heterocycles. The molecule has 0 aliphatic carbocycles. The molecule has 4 aromatic carbocycles. The van der Waals surface area contributed by atoms with Gasteiger partial charge in [-0.3, -0.25) is 0 Å². The largest absolute Gasteiger partial charge is 0.247 e. The highest BCUT2D eigenvalue weighted by atomic mass is 14.7. The van der Waals surface area contributed by atoms with E-state index in [9.17, 15) is 0 Å².